The summed E-state index contributed by atoms with van der Waals surface area (Å²) >= 11 is 0. The van der Waals surface area contributed by atoms with E-state index in [-0.39, 0.29) is 16.7 Å². The maximum absolute atomic E-state index is 12.5. The fourth-order valence-electron chi connectivity index (χ4n) is 2.18. The Balaban J connectivity index is 5.06. The molecule has 0 saturated heterocycles. The number of hydrogen-bond acceptors (Lipinski definition) is 2. The molecular formula is C15H31NO2. The zero-order chi connectivity index (χ0) is 14.8. The highest BCUT2D eigenvalue weighted by atomic mass is 16.3. The molecule has 108 valence electrons. The molecule has 0 radical (unpaired) electrons. The maximum atomic E-state index is 12.5. The zero-order valence-corrected chi connectivity index (χ0v) is 13.3. The number of carbonyl (C=O) groups excluding carboxylic acids is 1. The van der Waals surface area contributed by atoms with Gasteiger partial charge >= 0.3 is 0 Å². The van der Waals surface area contributed by atoms with Gasteiger partial charge < -0.3 is 10.4 Å². The molecule has 18 heavy (non-hydrogen) atoms. The van der Waals surface area contributed by atoms with Gasteiger partial charge in [0.1, 0.15) is 0 Å². The summed E-state index contributed by atoms with van der Waals surface area (Å²) < 4.78 is 0. The monoisotopic (exact) mass is 257 g/mol. The Kier molecular flexibility index (Phi) is 5.42. The molecule has 0 aromatic rings. The molecule has 0 aromatic carbocycles. The van der Waals surface area contributed by atoms with Gasteiger partial charge in [-0.3, -0.25) is 4.79 Å². The number of aliphatic hydroxyl groups is 1. The van der Waals surface area contributed by atoms with Crippen LogP contribution in [0.15, 0.2) is 0 Å². The van der Waals surface area contributed by atoms with Gasteiger partial charge in [-0.1, -0.05) is 48.5 Å². The van der Waals surface area contributed by atoms with Crippen molar-refractivity contribution in [1.82, 2.24) is 5.32 Å². The van der Waals surface area contributed by atoms with E-state index in [1.165, 1.54) is 0 Å². The third-order valence-electron chi connectivity index (χ3n) is 3.60. The van der Waals surface area contributed by atoms with E-state index in [1.54, 1.807) is 6.92 Å². The lowest BCUT2D eigenvalue weighted by atomic mass is 9.61. The van der Waals surface area contributed by atoms with Crippen LogP contribution in [0.4, 0.5) is 0 Å². The SMILES string of the molecule is CC(O)CNC(=O)C(C)(CC(C)(C)C)C(C)(C)C. The van der Waals surface area contributed by atoms with Crippen molar-refractivity contribution in [3.8, 4) is 0 Å². The Morgan fingerprint density at radius 3 is 1.83 bits per heavy atom. The van der Waals surface area contributed by atoms with E-state index in [0.717, 1.165) is 6.42 Å². The summed E-state index contributed by atoms with van der Waals surface area (Å²) in [5.41, 5.74) is -0.479. The van der Waals surface area contributed by atoms with Crippen LogP contribution in [-0.4, -0.2) is 23.7 Å². The summed E-state index contributed by atoms with van der Waals surface area (Å²) in [7, 11) is 0. The first-order chi connectivity index (χ1) is 7.79. The molecule has 0 aliphatic heterocycles. The normalized spacial score (nSPS) is 18.1. The van der Waals surface area contributed by atoms with Gasteiger partial charge in [0.15, 0.2) is 0 Å². The van der Waals surface area contributed by atoms with E-state index in [0.29, 0.717) is 6.54 Å². The van der Waals surface area contributed by atoms with Crippen molar-refractivity contribution in [2.75, 3.05) is 6.54 Å². The van der Waals surface area contributed by atoms with E-state index in [9.17, 15) is 9.90 Å². The fourth-order valence-corrected chi connectivity index (χ4v) is 2.18. The second-order valence-electron chi connectivity index (χ2n) is 7.88. The molecule has 2 unspecified atom stereocenters. The minimum Gasteiger partial charge on any atom is -0.392 e. The first-order valence-electron chi connectivity index (χ1n) is 6.76. The largest absolute Gasteiger partial charge is 0.392 e. The van der Waals surface area contributed by atoms with Crippen LogP contribution in [0.5, 0.6) is 0 Å². The smallest absolute Gasteiger partial charge is 0.226 e. The molecular weight excluding hydrogens is 226 g/mol. The maximum Gasteiger partial charge on any atom is 0.226 e. The Bertz CT molecular complexity index is 284. The van der Waals surface area contributed by atoms with Crippen molar-refractivity contribution in [1.29, 1.82) is 0 Å². The van der Waals surface area contributed by atoms with Gasteiger partial charge in [0, 0.05) is 6.54 Å². The minimum absolute atomic E-state index is 0.0332. The van der Waals surface area contributed by atoms with E-state index in [1.807, 2.05) is 6.92 Å². The van der Waals surface area contributed by atoms with Gasteiger partial charge in [-0.2, -0.15) is 0 Å². The molecule has 0 aliphatic carbocycles. The fraction of sp³-hybridized carbons (Fsp3) is 0.933. The average Bonchev–Trinajstić information content (AvgIpc) is 2.09. The lowest BCUT2D eigenvalue weighted by molar-refractivity contribution is -0.139. The van der Waals surface area contributed by atoms with E-state index < -0.39 is 11.5 Å². The lowest BCUT2D eigenvalue weighted by Crippen LogP contribution is -2.50. The average molecular weight is 257 g/mol. The molecule has 0 saturated carbocycles. The van der Waals surface area contributed by atoms with Crippen LogP contribution in [-0.2, 0) is 4.79 Å². The Hall–Kier alpha value is -0.570. The van der Waals surface area contributed by atoms with Gasteiger partial charge in [-0.25, -0.2) is 0 Å². The van der Waals surface area contributed by atoms with Crippen molar-refractivity contribution in [3.63, 3.8) is 0 Å². The summed E-state index contributed by atoms with van der Waals surface area (Å²) in [5.74, 6) is 0.0332. The zero-order valence-electron chi connectivity index (χ0n) is 13.3. The first kappa shape index (κ1) is 17.4. The molecule has 0 spiro atoms. The predicted molar refractivity (Wildman–Crippen MR) is 76.3 cm³/mol. The van der Waals surface area contributed by atoms with Gasteiger partial charge in [0.05, 0.1) is 11.5 Å². The van der Waals surface area contributed by atoms with Gasteiger partial charge in [0.25, 0.3) is 0 Å². The summed E-state index contributed by atoms with van der Waals surface area (Å²) in [5, 5.41) is 12.2. The molecule has 3 nitrogen and oxygen atoms in total. The van der Waals surface area contributed by atoms with Crippen molar-refractivity contribution in [2.45, 2.75) is 67.9 Å². The van der Waals surface area contributed by atoms with Crippen molar-refractivity contribution < 1.29 is 9.90 Å². The first-order valence-corrected chi connectivity index (χ1v) is 6.76. The molecule has 1 amide bonds. The third-order valence-corrected chi connectivity index (χ3v) is 3.60. The highest BCUT2D eigenvalue weighted by molar-refractivity contribution is 5.83. The highest BCUT2D eigenvalue weighted by Crippen LogP contribution is 2.46. The highest BCUT2D eigenvalue weighted by Gasteiger charge is 2.46. The van der Waals surface area contributed by atoms with Crippen LogP contribution in [0, 0.1) is 16.2 Å². The molecule has 0 aromatic heterocycles. The lowest BCUT2D eigenvalue weighted by Gasteiger charge is -2.44. The van der Waals surface area contributed by atoms with Crippen molar-refractivity contribution >= 4 is 5.91 Å². The number of nitrogens with one attached hydrogen (secondary N) is 1. The number of amides is 1. The van der Waals surface area contributed by atoms with Crippen LogP contribution in [0.1, 0.15) is 61.8 Å². The van der Waals surface area contributed by atoms with Crippen molar-refractivity contribution in [2.24, 2.45) is 16.2 Å². The van der Waals surface area contributed by atoms with Gasteiger partial charge in [-0.15, -0.1) is 0 Å². The van der Waals surface area contributed by atoms with Gasteiger partial charge in [0.2, 0.25) is 5.91 Å². The summed E-state index contributed by atoms with van der Waals surface area (Å²) in [6.07, 6.45) is 0.308. The van der Waals surface area contributed by atoms with Crippen LogP contribution >= 0.6 is 0 Å². The topological polar surface area (TPSA) is 49.3 Å². The minimum atomic E-state index is -0.507. The molecule has 0 fully saturated rings. The molecule has 0 heterocycles. The third kappa shape index (κ3) is 4.97. The summed E-state index contributed by atoms with van der Waals surface area (Å²) in [6.45, 7) is 16.8. The molecule has 3 heteroatoms. The van der Waals surface area contributed by atoms with Crippen molar-refractivity contribution in [3.05, 3.63) is 0 Å². The van der Waals surface area contributed by atoms with Crippen LogP contribution < -0.4 is 5.32 Å². The second-order valence-corrected chi connectivity index (χ2v) is 7.88. The Morgan fingerprint density at radius 2 is 1.56 bits per heavy atom. The summed E-state index contributed by atoms with van der Waals surface area (Å²) in [6, 6.07) is 0. The number of carbonyl (C=O) groups is 1. The summed E-state index contributed by atoms with van der Waals surface area (Å²) in [4.78, 5) is 12.5. The van der Waals surface area contributed by atoms with Gasteiger partial charge in [-0.05, 0) is 24.2 Å². The van der Waals surface area contributed by atoms with Crippen LogP contribution in [0.25, 0.3) is 0 Å². The Labute approximate surface area is 112 Å². The molecule has 2 N–H and O–H groups in total. The second kappa shape index (κ2) is 5.60. The molecule has 0 rings (SSSR count). The number of hydrogen-bond donors (Lipinski definition) is 2. The molecule has 2 atom stereocenters. The quantitative estimate of drug-likeness (QED) is 0.813. The predicted octanol–water partition coefficient (Wildman–Crippen LogP) is 2.97. The van der Waals surface area contributed by atoms with E-state index in [4.69, 9.17) is 0 Å². The number of rotatable bonds is 4. The van der Waals surface area contributed by atoms with E-state index >= 15 is 0 Å². The van der Waals surface area contributed by atoms with Crippen LogP contribution in [0.2, 0.25) is 0 Å². The Morgan fingerprint density at radius 1 is 1.11 bits per heavy atom. The van der Waals surface area contributed by atoms with Crippen LogP contribution in [0.3, 0.4) is 0 Å². The molecule has 0 aliphatic rings. The molecule has 0 bridgehead atoms. The number of aliphatic hydroxyl groups excluding tert-OH is 1. The van der Waals surface area contributed by atoms with E-state index in [2.05, 4.69) is 46.9 Å². The standard InChI is InChI=1S/C15H31NO2/c1-11(17)9-16-12(18)15(8,14(5,6)7)10-13(2,3)4/h11,17H,9-10H2,1-8H3,(H,16,18).